The second-order valence-electron chi connectivity index (χ2n) is 8.79. The van der Waals surface area contributed by atoms with Gasteiger partial charge in [0.2, 0.25) is 5.91 Å². The molecule has 2 aliphatic heterocycles. The summed E-state index contributed by atoms with van der Waals surface area (Å²) in [5, 5.41) is 2.36. The first-order valence-electron chi connectivity index (χ1n) is 11.9. The van der Waals surface area contributed by atoms with Crippen LogP contribution in [0.15, 0.2) is 103 Å². The molecule has 3 atom stereocenters. The van der Waals surface area contributed by atoms with Gasteiger partial charge in [0.25, 0.3) is 5.91 Å². The Hall–Kier alpha value is -4.04. The number of carbonyl (C=O) groups excluding carboxylic acids is 3. The molecule has 0 saturated carbocycles. The zero-order valence-electron chi connectivity index (χ0n) is 20.0. The van der Waals surface area contributed by atoms with Crippen molar-refractivity contribution in [3.05, 3.63) is 114 Å². The van der Waals surface area contributed by atoms with Crippen LogP contribution in [-0.4, -0.2) is 52.5 Å². The first-order chi connectivity index (χ1) is 18.0. The fourth-order valence-corrected chi connectivity index (χ4v) is 5.77. The minimum absolute atomic E-state index is 0.209. The standard InChI is InChI=1S/C29H26N2O5S/c1-19-18-37-28-24(30-23(32)17-35-22-15-9-4-10-16-22)27(33)31(28)25(19)29(34)36-26(20-11-5-2-6-12-20)21-13-7-3-8-14-21/h2-16,24-26,28H,1,17-18H2,(H,30,32)/t24-,25-,28+/m1/s1. The molecule has 7 nitrogen and oxygen atoms in total. The van der Waals surface area contributed by atoms with Gasteiger partial charge in [-0.1, -0.05) is 85.4 Å². The lowest BCUT2D eigenvalue weighted by Crippen LogP contribution is -2.75. The number of β-lactam (4-membered cyclic amide) rings is 1. The van der Waals surface area contributed by atoms with Crippen molar-refractivity contribution in [3.63, 3.8) is 0 Å². The summed E-state index contributed by atoms with van der Waals surface area (Å²) in [6.45, 7) is 3.84. The summed E-state index contributed by atoms with van der Waals surface area (Å²) in [6, 6.07) is 26.3. The number of ether oxygens (including phenoxy) is 2. The van der Waals surface area contributed by atoms with Crippen LogP contribution in [0.1, 0.15) is 17.2 Å². The molecule has 3 aromatic carbocycles. The maximum absolute atomic E-state index is 13.5. The van der Waals surface area contributed by atoms with Crippen molar-refractivity contribution in [1.82, 2.24) is 10.2 Å². The van der Waals surface area contributed by atoms with E-state index in [0.29, 0.717) is 17.1 Å². The number of esters is 1. The van der Waals surface area contributed by atoms with E-state index in [1.807, 2.05) is 78.9 Å². The average molecular weight is 515 g/mol. The Balaban J connectivity index is 1.27. The van der Waals surface area contributed by atoms with E-state index in [9.17, 15) is 14.4 Å². The molecule has 0 spiro atoms. The lowest BCUT2D eigenvalue weighted by molar-refractivity contribution is -0.165. The molecule has 8 heteroatoms. The quantitative estimate of drug-likeness (QED) is 0.280. The van der Waals surface area contributed by atoms with Crippen LogP contribution in [0, 0.1) is 0 Å². The van der Waals surface area contributed by atoms with Crippen molar-refractivity contribution in [1.29, 1.82) is 0 Å². The van der Waals surface area contributed by atoms with E-state index in [4.69, 9.17) is 9.47 Å². The third kappa shape index (κ3) is 5.24. The number of para-hydroxylation sites is 1. The predicted octanol–water partition coefficient (Wildman–Crippen LogP) is 3.72. The molecule has 1 N–H and O–H groups in total. The van der Waals surface area contributed by atoms with Crippen LogP contribution in [0.3, 0.4) is 0 Å². The first kappa shape index (κ1) is 24.6. The van der Waals surface area contributed by atoms with Gasteiger partial charge >= 0.3 is 5.97 Å². The SMILES string of the molecule is C=C1CS[C@H]2[C@H](NC(=O)COc3ccccc3)C(=O)N2[C@H]1C(=O)OC(c1ccccc1)c1ccccc1. The number of carbonyl (C=O) groups is 3. The number of nitrogens with one attached hydrogen (secondary N) is 1. The van der Waals surface area contributed by atoms with E-state index in [-0.39, 0.29) is 17.9 Å². The molecule has 2 amide bonds. The van der Waals surface area contributed by atoms with Gasteiger partial charge in [-0.2, -0.15) is 0 Å². The highest BCUT2D eigenvalue weighted by atomic mass is 32.2. The normalized spacial score (nSPS) is 20.6. The summed E-state index contributed by atoms with van der Waals surface area (Å²) in [5.74, 6) is -0.249. The third-order valence-electron chi connectivity index (χ3n) is 6.28. The molecule has 0 bridgehead atoms. The fourth-order valence-electron chi connectivity index (χ4n) is 4.46. The summed E-state index contributed by atoms with van der Waals surface area (Å²) in [5.41, 5.74) is 2.25. The number of thioether (sulfide) groups is 1. The van der Waals surface area contributed by atoms with Crippen LogP contribution in [0.2, 0.25) is 0 Å². The molecule has 0 radical (unpaired) electrons. The maximum Gasteiger partial charge on any atom is 0.334 e. The molecule has 2 saturated heterocycles. The van der Waals surface area contributed by atoms with E-state index >= 15 is 0 Å². The van der Waals surface area contributed by atoms with Crippen LogP contribution >= 0.6 is 11.8 Å². The highest BCUT2D eigenvalue weighted by molar-refractivity contribution is 8.00. The minimum atomic E-state index is -0.914. The van der Waals surface area contributed by atoms with Crippen molar-refractivity contribution in [2.75, 3.05) is 12.4 Å². The van der Waals surface area contributed by atoms with Gasteiger partial charge in [-0.15, -0.1) is 11.8 Å². The summed E-state index contributed by atoms with van der Waals surface area (Å²) in [6.07, 6.45) is -0.627. The van der Waals surface area contributed by atoms with Crippen molar-refractivity contribution in [2.24, 2.45) is 0 Å². The molecule has 0 unspecified atom stereocenters. The molecule has 2 fully saturated rings. The minimum Gasteiger partial charge on any atom is -0.484 e. The monoisotopic (exact) mass is 514 g/mol. The van der Waals surface area contributed by atoms with Gasteiger partial charge in [0.15, 0.2) is 18.8 Å². The lowest BCUT2D eigenvalue weighted by Gasteiger charge is -2.52. The molecule has 5 rings (SSSR count). The lowest BCUT2D eigenvalue weighted by atomic mass is 9.97. The van der Waals surface area contributed by atoms with Crippen molar-refractivity contribution >= 4 is 29.5 Å². The predicted molar refractivity (Wildman–Crippen MR) is 141 cm³/mol. The molecule has 3 aromatic rings. The van der Waals surface area contributed by atoms with Gasteiger partial charge in [0, 0.05) is 5.75 Å². The number of benzene rings is 3. The highest BCUT2D eigenvalue weighted by Gasteiger charge is 2.56. The maximum atomic E-state index is 13.5. The van der Waals surface area contributed by atoms with E-state index in [1.54, 1.807) is 12.1 Å². The third-order valence-corrected chi connectivity index (χ3v) is 7.65. The van der Waals surface area contributed by atoms with Gasteiger partial charge in [0.1, 0.15) is 17.2 Å². The Morgan fingerprint density at radius 3 is 2.11 bits per heavy atom. The summed E-state index contributed by atoms with van der Waals surface area (Å²) >= 11 is 1.46. The largest absolute Gasteiger partial charge is 0.484 e. The topological polar surface area (TPSA) is 84.9 Å². The second kappa shape index (κ2) is 10.9. The Bertz CT molecular complexity index is 1250. The molecule has 2 aliphatic rings. The highest BCUT2D eigenvalue weighted by Crippen LogP contribution is 2.41. The average Bonchev–Trinajstić information content (AvgIpc) is 2.94. The van der Waals surface area contributed by atoms with Crippen LogP contribution in [0.5, 0.6) is 5.75 Å². The molecular formula is C29H26N2O5S. The van der Waals surface area contributed by atoms with E-state index in [1.165, 1.54) is 16.7 Å². The molecule has 2 heterocycles. The van der Waals surface area contributed by atoms with Crippen LogP contribution < -0.4 is 10.1 Å². The van der Waals surface area contributed by atoms with Gasteiger partial charge < -0.3 is 19.7 Å². The number of nitrogens with zero attached hydrogens (tertiary/aromatic N) is 1. The molecule has 0 aliphatic carbocycles. The zero-order chi connectivity index (χ0) is 25.8. The van der Waals surface area contributed by atoms with Gasteiger partial charge in [0.05, 0.1) is 0 Å². The Labute approximate surface area is 219 Å². The Morgan fingerprint density at radius 2 is 1.51 bits per heavy atom. The van der Waals surface area contributed by atoms with Crippen molar-refractivity contribution in [2.45, 2.75) is 23.6 Å². The Kier molecular flexibility index (Phi) is 7.28. The van der Waals surface area contributed by atoms with E-state index < -0.39 is 30.1 Å². The van der Waals surface area contributed by atoms with Crippen molar-refractivity contribution in [3.8, 4) is 5.75 Å². The Morgan fingerprint density at radius 1 is 0.946 bits per heavy atom. The van der Waals surface area contributed by atoms with Gasteiger partial charge in [-0.3, -0.25) is 9.59 Å². The zero-order valence-corrected chi connectivity index (χ0v) is 20.8. The first-order valence-corrected chi connectivity index (χ1v) is 13.0. The number of hydrogen-bond donors (Lipinski definition) is 1. The number of hydrogen-bond acceptors (Lipinski definition) is 6. The number of fused-ring (bicyclic) bond motifs is 1. The molecule has 37 heavy (non-hydrogen) atoms. The van der Waals surface area contributed by atoms with Crippen LogP contribution in [0.25, 0.3) is 0 Å². The second-order valence-corrected chi connectivity index (χ2v) is 9.90. The summed E-state index contributed by atoms with van der Waals surface area (Å²) < 4.78 is 11.5. The number of amides is 2. The summed E-state index contributed by atoms with van der Waals surface area (Å²) in [7, 11) is 0. The molecule has 188 valence electrons. The fraction of sp³-hybridized carbons (Fsp3) is 0.207. The summed E-state index contributed by atoms with van der Waals surface area (Å²) in [4.78, 5) is 40.5. The van der Waals surface area contributed by atoms with E-state index in [2.05, 4.69) is 11.9 Å². The van der Waals surface area contributed by atoms with Crippen molar-refractivity contribution < 1.29 is 23.9 Å². The van der Waals surface area contributed by atoms with Gasteiger partial charge in [-0.05, 0) is 28.8 Å². The van der Waals surface area contributed by atoms with E-state index in [0.717, 1.165) is 11.1 Å². The number of rotatable bonds is 8. The van der Waals surface area contributed by atoms with Gasteiger partial charge in [-0.25, -0.2) is 4.79 Å². The van der Waals surface area contributed by atoms with Crippen LogP contribution in [-0.2, 0) is 19.1 Å². The molecular weight excluding hydrogens is 488 g/mol. The smallest absolute Gasteiger partial charge is 0.334 e. The van der Waals surface area contributed by atoms with Crippen LogP contribution in [0.4, 0.5) is 0 Å². The molecule has 0 aromatic heterocycles.